The number of nitrogens with zero attached hydrogens (tertiary/aromatic N) is 1. The van der Waals surface area contributed by atoms with Crippen molar-refractivity contribution in [3.8, 4) is 11.5 Å². The number of para-hydroxylation sites is 2. The molecule has 1 aromatic heterocycles. The molecule has 0 saturated carbocycles. The Kier molecular flexibility index (Phi) is 4.27. The van der Waals surface area contributed by atoms with E-state index in [1.54, 1.807) is 13.1 Å². The highest BCUT2D eigenvalue weighted by molar-refractivity contribution is 6.05. The second-order valence-corrected chi connectivity index (χ2v) is 6.42. The van der Waals surface area contributed by atoms with Gasteiger partial charge in [-0.25, -0.2) is 4.39 Å². The minimum atomic E-state index is -0.480. The predicted octanol–water partition coefficient (Wildman–Crippen LogP) is 2.58. The smallest absolute Gasteiger partial charge is 0.254 e. The first kappa shape index (κ1) is 17.1. The summed E-state index contributed by atoms with van der Waals surface area (Å²) in [7, 11) is 1.61. The quantitative estimate of drug-likeness (QED) is 0.771. The van der Waals surface area contributed by atoms with Crippen LogP contribution in [0.1, 0.15) is 10.4 Å². The topological polar surface area (TPSA) is 71.6 Å². The number of aromatic amines is 1. The van der Waals surface area contributed by atoms with Gasteiger partial charge in [-0.1, -0.05) is 12.1 Å². The lowest BCUT2D eigenvalue weighted by atomic mass is 10.1. The van der Waals surface area contributed by atoms with E-state index < -0.39 is 11.4 Å². The summed E-state index contributed by atoms with van der Waals surface area (Å²) in [5, 5.41) is 0.359. The highest BCUT2D eigenvalue weighted by atomic mass is 19.1. The minimum Gasteiger partial charge on any atom is -0.486 e. The molecule has 27 heavy (non-hydrogen) atoms. The number of nitrogens with one attached hydrogen (secondary N) is 1. The van der Waals surface area contributed by atoms with E-state index in [2.05, 4.69) is 4.98 Å². The van der Waals surface area contributed by atoms with Crippen LogP contribution in [0.15, 0.2) is 53.3 Å². The predicted molar refractivity (Wildman–Crippen MR) is 97.8 cm³/mol. The third-order valence-electron chi connectivity index (χ3n) is 4.43. The van der Waals surface area contributed by atoms with Crippen LogP contribution in [0.4, 0.5) is 4.39 Å². The number of ether oxygens (including phenoxy) is 2. The van der Waals surface area contributed by atoms with E-state index in [9.17, 15) is 14.0 Å². The summed E-state index contributed by atoms with van der Waals surface area (Å²) in [6.45, 7) is 0.566. The highest BCUT2D eigenvalue weighted by Crippen LogP contribution is 2.31. The maximum absolute atomic E-state index is 13.6. The molecule has 0 aliphatic carbocycles. The van der Waals surface area contributed by atoms with Crippen LogP contribution in [0.5, 0.6) is 11.5 Å². The molecule has 1 aliphatic heterocycles. The van der Waals surface area contributed by atoms with Crippen molar-refractivity contribution in [3.63, 3.8) is 0 Å². The molecule has 0 fully saturated rings. The van der Waals surface area contributed by atoms with Crippen molar-refractivity contribution in [3.05, 3.63) is 70.3 Å². The number of H-pyrrole nitrogens is 1. The molecule has 0 saturated heterocycles. The van der Waals surface area contributed by atoms with Crippen molar-refractivity contribution in [2.45, 2.75) is 6.10 Å². The molecule has 3 aromatic rings. The van der Waals surface area contributed by atoms with Gasteiger partial charge in [0.05, 0.1) is 12.1 Å². The van der Waals surface area contributed by atoms with Crippen molar-refractivity contribution in [1.82, 2.24) is 9.88 Å². The summed E-state index contributed by atoms with van der Waals surface area (Å²) in [5.74, 6) is 0.420. The van der Waals surface area contributed by atoms with E-state index in [0.717, 1.165) is 0 Å². The lowest BCUT2D eigenvalue weighted by Crippen LogP contribution is -2.42. The van der Waals surface area contributed by atoms with Crippen LogP contribution < -0.4 is 15.0 Å². The molecule has 138 valence electrons. The molecule has 1 unspecified atom stereocenters. The Bertz CT molecular complexity index is 1080. The molecule has 4 rings (SSSR count). The van der Waals surface area contributed by atoms with Gasteiger partial charge < -0.3 is 19.4 Å². The second kappa shape index (κ2) is 6.75. The zero-order valence-corrected chi connectivity index (χ0v) is 14.6. The van der Waals surface area contributed by atoms with Crippen LogP contribution >= 0.6 is 0 Å². The van der Waals surface area contributed by atoms with Crippen LogP contribution in [0.3, 0.4) is 0 Å². The van der Waals surface area contributed by atoms with Crippen molar-refractivity contribution in [1.29, 1.82) is 0 Å². The van der Waals surface area contributed by atoms with Crippen molar-refractivity contribution in [2.75, 3.05) is 20.2 Å². The summed E-state index contributed by atoms with van der Waals surface area (Å²) in [5.41, 5.74) is 0.136. The average Bonchev–Trinajstić information content (AvgIpc) is 2.67. The molecular formula is C20H17FN2O4. The van der Waals surface area contributed by atoms with Gasteiger partial charge in [0.2, 0.25) is 5.56 Å². The zero-order chi connectivity index (χ0) is 19.0. The Morgan fingerprint density at radius 1 is 1.22 bits per heavy atom. The first-order valence-corrected chi connectivity index (χ1v) is 8.48. The van der Waals surface area contributed by atoms with Crippen LogP contribution in [0.25, 0.3) is 10.9 Å². The molecular weight excluding hydrogens is 351 g/mol. The summed E-state index contributed by atoms with van der Waals surface area (Å²) < 4.78 is 25.2. The third-order valence-corrected chi connectivity index (χ3v) is 4.43. The lowest BCUT2D eigenvalue weighted by Gasteiger charge is -2.29. The Morgan fingerprint density at radius 3 is 2.81 bits per heavy atom. The van der Waals surface area contributed by atoms with Crippen LogP contribution in [0, 0.1) is 5.82 Å². The van der Waals surface area contributed by atoms with Gasteiger partial charge in [0.15, 0.2) is 17.6 Å². The van der Waals surface area contributed by atoms with Gasteiger partial charge in [0.25, 0.3) is 5.91 Å². The number of amides is 1. The molecule has 0 bridgehead atoms. The maximum Gasteiger partial charge on any atom is 0.254 e. The molecule has 0 radical (unpaired) electrons. The van der Waals surface area contributed by atoms with E-state index >= 15 is 0 Å². The number of hydrogen-bond donors (Lipinski definition) is 1. The van der Waals surface area contributed by atoms with E-state index in [1.807, 2.05) is 18.2 Å². The van der Waals surface area contributed by atoms with Crippen molar-refractivity contribution in [2.24, 2.45) is 0 Å². The maximum atomic E-state index is 13.6. The number of rotatable bonds is 3. The molecule has 1 aliphatic rings. The number of carbonyl (C=O) groups excluding carboxylic acids is 1. The second-order valence-electron chi connectivity index (χ2n) is 6.42. The first-order chi connectivity index (χ1) is 13.0. The van der Waals surface area contributed by atoms with Gasteiger partial charge in [-0.3, -0.25) is 9.59 Å². The lowest BCUT2D eigenvalue weighted by molar-refractivity contribution is 0.0522. The Balaban J connectivity index is 1.57. The Hall–Kier alpha value is -3.35. The highest BCUT2D eigenvalue weighted by Gasteiger charge is 2.25. The monoisotopic (exact) mass is 368 g/mol. The number of carbonyl (C=O) groups is 1. The fraction of sp³-hybridized carbons (Fsp3) is 0.200. The summed E-state index contributed by atoms with van der Waals surface area (Å²) in [6.07, 6.45) is -0.348. The standard InChI is InChI=1S/C20H17FN2O4/c1-23(10-13-11-26-17-4-2-3-5-18(17)27-13)20(25)15-9-19(24)22-16-7-6-12(21)8-14(15)16/h2-9,13H,10-11H2,1H3,(H,22,24). The Morgan fingerprint density at radius 2 is 2.00 bits per heavy atom. The number of halogens is 1. The van der Waals surface area contributed by atoms with Gasteiger partial charge in [-0.15, -0.1) is 0 Å². The third kappa shape index (κ3) is 3.36. The van der Waals surface area contributed by atoms with E-state index in [4.69, 9.17) is 9.47 Å². The molecule has 7 heteroatoms. The number of hydrogen-bond acceptors (Lipinski definition) is 4. The molecule has 6 nitrogen and oxygen atoms in total. The zero-order valence-electron chi connectivity index (χ0n) is 14.6. The largest absolute Gasteiger partial charge is 0.486 e. The summed E-state index contributed by atoms with van der Waals surface area (Å²) in [6, 6.07) is 12.4. The normalized spacial score (nSPS) is 15.6. The minimum absolute atomic E-state index is 0.146. The summed E-state index contributed by atoms with van der Waals surface area (Å²) >= 11 is 0. The fourth-order valence-corrected chi connectivity index (χ4v) is 3.15. The van der Waals surface area contributed by atoms with Gasteiger partial charge in [0.1, 0.15) is 12.4 Å². The Labute approximate surface area is 154 Å². The van der Waals surface area contributed by atoms with Crippen molar-refractivity contribution >= 4 is 16.8 Å². The molecule has 1 atom stereocenters. The van der Waals surface area contributed by atoms with Crippen LogP contribution in [-0.2, 0) is 0 Å². The number of fused-ring (bicyclic) bond motifs is 2. The summed E-state index contributed by atoms with van der Waals surface area (Å²) in [4.78, 5) is 28.8. The number of benzene rings is 2. The van der Waals surface area contributed by atoms with Crippen LogP contribution in [0.2, 0.25) is 0 Å². The average molecular weight is 368 g/mol. The number of aromatic nitrogens is 1. The number of pyridine rings is 1. The molecule has 1 amide bonds. The van der Waals surface area contributed by atoms with Crippen LogP contribution in [-0.4, -0.2) is 42.1 Å². The first-order valence-electron chi connectivity index (χ1n) is 8.48. The van der Waals surface area contributed by atoms with Gasteiger partial charge in [-0.2, -0.15) is 0 Å². The van der Waals surface area contributed by atoms with E-state index in [0.29, 0.717) is 29.0 Å². The van der Waals surface area contributed by atoms with Crippen molar-refractivity contribution < 1.29 is 18.7 Å². The van der Waals surface area contributed by atoms with E-state index in [-0.39, 0.29) is 24.1 Å². The molecule has 2 aromatic carbocycles. The number of likely N-dealkylation sites (N-methyl/N-ethyl adjacent to an activating group) is 1. The van der Waals surface area contributed by atoms with Gasteiger partial charge in [-0.05, 0) is 30.3 Å². The molecule has 2 heterocycles. The molecule has 0 spiro atoms. The SMILES string of the molecule is CN(CC1COc2ccccc2O1)C(=O)c1cc(=O)[nH]c2ccc(F)cc12. The molecule has 1 N–H and O–H groups in total. The van der Waals surface area contributed by atoms with Gasteiger partial charge in [0, 0.05) is 24.0 Å². The van der Waals surface area contributed by atoms with E-state index in [1.165, 1.54) is 29.2 Å². The van der Waals surface area contributed by atoms with Gasteiger partial charge >= 0.3 is 0 Å². The fourth-order valence-electron chi connectivity index (χ4n) is 3.15.